The number of amides is 1. The van der Waals surface area contributed by atoms with Crippen molar-refractivity contribution in [2.45, 2.75) is 11.8 Å². The fourth-order valence-corrected chi connectivity index (χ4v) is 3.44. The Morgan fingerprint density at radius 1 is 1.32 bits per heavy atom. The number of nitrogens with one attached hydrogen (secondary N) is 1. The number of non-ortho nitro benzene ring substituents is 1. The number of thiophene rings is 1. The van der Waals surface area contributed by atoms with Crippen LogP contribution in [0.1, 0.15) is 14.5 Å². The minimum Gasteiger partial charge on any atom is -0.267 e. The van der Waals surface area contributed by atoms with E-state index in [9.17, 15) is 27.7 Å². The molecule has 0 aliphatic rings. The third kappa shape index (κ3) is 3.46. The van der Waals surface area contributed by atoms with Crippen LogP contribution in [0.5, 0.6) is 0 Å². The molecular weight excluding hydrogens is 335 g/mol. The summed E-state index contributed by atoms with van der Waals surface area (Å²) in [5, 5.41) is 10.6. The van der Waals surface area contributed by atoms with Gasteiger partial charge in [-0.2, -0.15) is 0 Å². The molecule has 0 aliphatic carbocycles. The van der Waals surface area contributed by atoms with Crippen molar-refractivity contribution >= 4 is 33.0 Å². The van der Waals surface area contributed by atoms with Crippen LogP contribution < -0.4 is 4.72 Å². The number of sulfonamides is 1. The number of hydrogen-bond donors (Lipinski definition) is 1. The van der Waals surface area contributed by atoms with Crippen molar-refractivity contribution in [1.29, 1.82) is 0 Å². The van der Waals surface area contributed by atoms with Gasteiger partial charge in [-0.25, -0.2) is 17.5 Å². The number of halogens is 1. The van der Waals surface area contributed by atoms with Gasteiger partial charge in [-0.1, -0.05) is 0 Å². The second-order valence-electron chi connectivity index (χ2n) is 4.25. The highest BCUT2D eigenvalue weighted by molar-refractivity contribution is 7.90. The lowest BCUT2D eigenvalue weighted by Gasteiger charge is -2.06. The zero-order chi connectivity index (χ0) is 16.5. The Morgan fingerprint density at radius 3 is 2.55 bits per heavy atom. The quantitative estimate of drug-likeness (QED) is 0.676. The van der Waals surface area contributed by atoms with Gasteiger partial charge in [-0.05, 0) is 25.1 Å². The molecule has 1 aromatic carbocycles. The SMILES string of the molecule is Cc1ccc(C(=O)NS(=O)(=O)c2cc(F)cc([N+](=O)[O-])c2)s1. The van der Waals surface area contributed by atoms with Crippen LogP contribution in [-0.4, -0.2) is 19.2 Å². The lowest BCUT2D eigenvalue weighted by atomic mass is 10.3. The molecule has 0 bridgehead atoms. The molecule has 0 fully saturated rings. The van der Waals surface area contributed by atoms with E-state index in [2.05, 4.69) is 0 Å². The smallest absolute Gasteiger partial charge is 0.267 e. The molecule has 1 heterocycles. The molecule has 0 radical (unpaired) electrons. The van der Waals surface area contributed by atoms with E-state index in [0.717, 1.165) is 16.2 Å². The third-order valence-electron chi connectivity index (χ3n) is 2.57. The Bertz CT molecular complexity index is 860. The molecule has 1 aromatic heterocycles. The van der Waals surface area contributed by atoms with Crippen molar-refractivity contribution in [1.82, 2.24) is 4.72 Å². The highest BCUT2D eigenvalue weighted by Gasteiger charge is 2.23. The average molecular weight is 344 g/mol. The Labute approximate surface area is 128 Å². The van der Waals surface area contributed by atoms with Crippen molar-refractivity contribution in [2.75, 3.05) is 0 Å². The summed E-state index contributed by atoms with van der Waals surface area (Å²) in [6, 6.07) is 4.95. The van der Waals surface area contributed by atoms with Gasteiger partial charge in [-0.15, -0.1) is 11.3 Å². The zero-order valence-corrected chi connectivity index (χ0v) is 12.7. The fourth-order valence-electron chi connectivity index (χ4n) is 1.60. The predicted octanol–water partition coefficient (Wildman–Crippen LogP) is 2.22. The number of carbonyl (C=O) groups excluding carboxylic acids is 1. The summed E-state index contributed by atoms with van der Waals surface area (Å²) in [7, 11) is -4.41. The number of nitro groups is 1. The molecule has 0 atom stereocenters. The molecule has 10 heteroatoms. The second-order valence-corrected chi connectivity index (χ2v) is 7.22. The van der Waals surface area contributed by atoms with Gasteiger partial charge in [0.15, 0.2) is 0 Å². The van der Waals surface area contributed by atoms with Gasteiger partial charge in [-0.3, -0.25) is 14.9 Å². The maximum atomic E-state index is 13.3. The molecule has 2 rings (SSSR count). The fraction of sp³-hybridized carbons (Fsp3) is 0.0833. The van der Waals surface area contributed by atoms with Crippen LogP contribution >= 0.6 is 11.3 Å². The highest BCUT2D eigenvalue weighted by atomic mass is 32.2. The van der Waals surface area contributed by atoms with Crippen molar-refractivity contribution in [3.05, 3.63) is 56.0 Å². The molecule has 116 valence electrons. The van der Waals surface area contributed by atoms with Gasteiger partial charge < -0.3 is 0 Å². The van der Waals surface area contributed by atoms with Crippen LogP contribution in [0.25, 0.3) is 0 Å². The maximum absolute atomic E-state index is 13.3. The van der Waals surface area contributed by atoms with Gasteiger partial charge >= 0.3 is 0 Å². The first-order chi connectivity index (χ1) is 10.2. The number of benzene rings is 1. The summed E-state index contributed by atoms with van der Waals surface area (Å²) < 4.78 is 39.1. The van der Waals surface area contributed by atoms with E-state index in [1.165, 1.54) is 6.07 Å². The lowest BCUT2D eigenvalue weighted by Crippen LogP contribution is -2.30. The van der Waals surface area contributed by atoms with E-state index in [1.54, 1.807) is 17.7 Å². The second kappa shape index (κ2) is 5.81. The van der Waals surface area contributed by atoms with E-state index >= 15 is 0 Å². The maximum Gasteiger partial charge on any atom is 0.275 e. The van der Waals surface area contributed by atoms with Gasteiger partial charge in [0.05, 0.1) is 20.8 Å². The van der Waals surface area contributed by atoms with Crippen LogP contribution in [0, 0.1) is 22.9 Å². The number of carbonyl (C=O) groups is 1. The Balaban J connectivity index is 2.34. The molecule has 0 saturated heterocycles. The first kappa shape index (κ1) is 16.0. The number of hydrogen-bond acceptors (Lipinski definition) is 6. The van der Waals surface area contributed by atoms with Crippen LogP contribution in [0.4, 0.5) is 10.1 Å². The normalized spacial score (nSPS) is 11.2. The number of rotatable bonds is 4. The largest absolute Gasteiger partial charge is 0.275 e. The van der Waals surface area contributed by atoms with E-state index in [0.29, 0.717) is 18.2 Å². The minimum absolute atomic E-state index is 0.159. The molecule has 0 spiro atoms. The van der Waals surface area contributed by atoms with Crippen molar-refractivity contribution in [3.8, 4) is 0 Å². The van der Waals surface area contributed by atoms with Crippen LogP contribution in [0.2, 0.25) is 0 Å². The average Bonchev–Trinajstić information content (AvgIpc) is 2.84. The molecule has 0 unspecified atom stereocenters. The number of nitro benzene ring substituents is 1. The Kier molecular flexibility index (Phi) is 4.24. The standard InChI is InChI=1S/C12H9FN2O5S2/c1-7-2-3-11(21-7)12(16)14-22(19,20)10-5-8(13)4-9(6-10)15(17)18/h2-6H,1H3,(H,14,16). The highest BCUT2D eigenvalue weighted by Crippen LogP contribution is 2.21. The lowest BCUT2D eigenvalue weighted by molar-refractivity contribution is -0.385. The Morgan fingerprint density at radius 2 is 2.00 bits per heavy atom. The monoisotopic (exact) mass is 344 g/mol. The molecular formula is C12H9FN2O5S2. The van der Waals surface area contributed by atoms with Crippen LogP contribution in [0.15, 0.2) is 35.2 Å². The number of aryl methyl sites for hydroxylation is 1. The van der Waals surface area contributed by atoms with Crippen molar-refractivity contribution in [2.24, 2.45) is 0 Å². The molecule has 0 saturated carbocycles. The summed E-state index contributed by atoms with van der Waals surface area (Å²) in [5.74, 6) is -1.97. The van der Waals surface area contributed by atoms with Gasteiger partial charge in [0.1, 0.15) is 5.82 Å². The summed E-state index contributed by atoms with van der Waals surface area (Å²) in [4.78, 5) is 21.8. The summed E-state index contributed by atoms with van der Waals surface area (Å²) in [6.07, 6.45) is 0. The van der Waals surface area contributed by atoms with Crippen LogP contribution in [-0.2, 0) is 10.0 Å². The van der Waals surface area contributed by atoms with E-state index in [4.69, 9.17) is 0 Å². The van der Waals surface area contributed by atoms with Crippen LogP contribution in [0.3, 0.4) is 0 Å². The van der Waals surface area contributed by atoms with Crippen molar-refractivity contribution in [3.63, 3.8) is 0 Å². The van der Waals surface area contributed by atoms with Crippen molar-refractivity contribution < 1.29 is 22.5 Å². The minimum atomic E-state index is -4.41. The molecule has 7 nitrogen and oxygen atoms in total. The molecule has 1 amide bonds. The van der Waals surface area contributed by atoms with Gasteiger partial charge in [0.25, 0.3) is 21.6 Å². The molecule has 22 heavy (non-hydrogen) atoms. The topological polar surface area (TPSA) is 106 Å². The first-order valence-corrected chi connectivity index (χ1v) is 8.07. The summed E-state index contributed by atoms with van der Waals surface area (Å²) >= 11 is 1.08. The number of nitrogens with zero attached hydrogens (tertiary/aromatic N) is 1. The Hall–Kier alpha value is -2.33. The van der Waals surface area contributed by atoms with E-state index in [1.807, 2.05) is 0 Å². The molecule has 0 aliphatic heterocycles. The predicted molar refractivity (Wildman–Crippen MR) is 76.8 cm³/mol. The molecule has 1 N–H and O–H groups in total. The van der Waals surface area contributed by atoms with E-state index in [-0.39, 0.29) is 4.88 Å². The van der Waals surface area contributed by atoms with Gasteiger partial charge in [0, 0.05) is 10.9 Å². The first-order valence-electron chi connectivity index (χ1n) is 5.77. The zero-order valence-electron chi connectivity index (χ0n) is 11.1. The summed E-state index contributed by atoms with van der Waals surface area (Å²) in [6.45, 7) is 1.74. The summed E-state index contributed by atoms with van der Waals surface area (Å²) in [5.41, 5.74) is -0.722. The third-order valence-corrected chi connectivity index (χ3v) is 4.88. The van der Waals surface area contributed by atoms with E-state index < -0.39 is 37.3 Å². The molecule has 2 aromatic rings. The van der Waals surface area contributed by atoms with Gasteiger partial charge in [0.2, 0.25) is 0 Å².